The van der Waals surface area contributed by atoms with Gasteiger partial charge in [-0.3, -0.25) is 10.1 Å². The Morgan fingerprint density at radius 2 is 2.25 bits per heavy atom. The third-order valence-corrected chi connectivity index (χ3v) is 2.79. The minimum absolute atomic E-state index is 0.0183. The number of nitro benzene ring substituents is 1. The van der Waals surface area contributed by atoms with Gasteiger partial charge in [-0.25, -0.2) is 0 Å². The third-order valence-electron chi connectivity index (χ3n) is 2.48. The lowest BCUT2D eigenvalue weighted by molar-refractivity contribution is -0.385. The predicted molar refractivity (Wildman–Crippen MR) is 60.0 cm³/mol. The summed E-state index contributed by atoms with van der Waals surface area (Å²) in [5.41, 5.74) is -0.339. The van der Waals surface area contributed by atoms with Crippen molar-refractivity contribution >= 4 is 17.3 Å². The Labute approximate surface area is 97.5 Å². The van der Waals surface area contributed by atoms with Crippen LogP contribution in [-0.4, -0.2) is 23.6 Å². The monoisotopic (exact) mass is 242 g/mol. The smallest absolute Gasteiger partial charge is 0.273 e. The van der Waals surface area contributed by atoms with Crippen molar-refractivity contribution in [1.29, 1.82) is 0 Å². The first-order chi connectivity index (χ1) is 7.50. The zero-order valence-corrected chi connectivity index (χ0v) is 9.45. The second-order valence-electron chi connectivity index (χ2n) is 4.03. The number of rotatable bonds is 3. The van der Waals surface area contributed by atoms with Crippen LogP contribution in [0.15, 0.2) is 18.2 Å². The number of benzene rings is 1. The molecule has 16 heavy (non-hydrogen) atoms. The SMILES string of the molecule is CC1(Oc2cc([N+](=O)[O-])ccc2Cl)CNC1. The number of nitro groups is 1. The highest BCUT2D eigenvalue weighted by Gasteiger charge is 2.34. The Morgan fingerprint density at radius 3 is 2.75 bits per heavy atom. The van der Waals surface area contributed by atoms with Crippen molar-refractivity contribution in [2.45, 2.75) is 12.5 Å². The Balaban J connectivity index is 2.25. The fraction of sp³-hybridized carbons (Fsp3) is 0.400. The molecule has 0 unspecified atom stereocenters. The number of hydrogen-bond donors (Lipinski definition) is 1. The summed E-state index contributed by atoms with van der Waals surface area (Å²) in [6.07, 6.45) is 0. The maximum atomic E-state index is 10.6. The van der Waals surface area contributed by atoms with Crippen LogP contribution in [0.2, 0.25) is 5.02 Å². The van der Waals surface area contributed by atoms with E-state index in [2.05, 4.69) is 5.32 Å². The van der Waals surface area contributed by atoms with Gasteiger partial charge >= 0.3 is 0 Å². The van der Waals surface area contributed by atoms with Gasteiger partial charge in [0.2, 0.25) is 0 Å². The lowest BCUT2D eigenvalue weighted by Gasteiger charge is -2.39. The fourth-order valence-electron chi connectivity index (χ4n) is 1.50. The molecule has 1 saturated heterocycles. The lowest BCUT2D eigenvalue weighted by atomic mass is 10.00. The van der Waals surface area contributed by atoms with E-state index in [-0.39, 0.29) is 11.3 Å². The second kappa shape index (κ2) is 3.92. The van der Waals surface area contributed by atoms with Crippen molar-refractivity contribution in [2.24, 2.45) is 0 Å². The molecule has 1 aliphatic heterocycles. The van der Waals surface area contributed by atoms with E-state index in [0.717, 1.165) is 0 Å². The Morgan fingerprint density at radius 1 is 1.56 bits per heavy atom. The van der Waals surface area contributed by atoms with Crippen molar-refractivity contribution < 1.29 is 9.66 Å². The summed E-state index contributed by atoms with van der Waals surface area (Å²) in [6.45, 7) is 3.36. The molecule has 0 aliphatic carbocycles. The van der Waals surface area contributed by atoms with Gasteiger partial charge in [0.25, 0.3) is 5.69 Å². The van der Waals surface area contributed by atoms with E-state index in [1.807, 2.05) is 6.92 Å². The van der Waals surface area contributed by atoms with Crippen molar-refractivity contribution in [3.63, 3.8) is 0 Å². The number of ether oxygens (including phenoxy) is 1. The van der Waals surface area contributed by atoms with Crippen molar-refractivity contribution in [3.05, 3.63) is 33.3 Å². The summed E-state index contributed by atoms with van der Waals surface area (Å²) in [7, 11) is 0. The van der Waals surface area contributed by atoms with E-state index in [0.29, 0.717) is 23.9 Å². The van der Waals surface area contributed by atoms with Gasteiger partial charge in [0, 0.05) is 19.2 Å². The molecule has 86 valence electrons. The number of nitrogens with one attached hydrogen (secondary N) is 1. The molecule has 0 aromatic heterocycles. The maximum Gasteiger partial charge on any atom is 0.273 e. The van der Waals surface area contributed by atoms with Crippen LogP contribution >= 0.6 is 11.6 Å². The summed E-state index contributed by atoms with van der Waals surface area (Å²) in [6, 6.07) is 4.19. The minimum Gasteiger partial charge on any atom is -0.483 e. The van der Waals surface area contributed by atoms with Crippen molar-refractivity contribution in [2.75, 3.05) is 13.1 Å². The van der Waals surface area contributed by atoms with Gasteiger partial charge in [-0.15, -0.1) is 0 Å². The Hall–Kier alpha value is -1.33. The average Bonchev–Trinajstić information content (AvgIpc) is 2.18. The summed E-state index contributed by atoms with van der Waals surface area (Å²) in [5, 5.41) is 14.1. The standard InChI is InChI=1S/C10H11ClN2O3/c1-10(5-12-6-10)16-9-4-7(13(14)15)2-3-8(9)11/h2-4,12H,5-6H2,1H3. The Bertz CT molecular complexity index is 432. The van der Waals surface area contributed by atoms with Gasteiger partial charge in [-0.1, -0.05) is 11.6 Å². The summed E-state index contributed by atoms with van der Waals surface area (Å²) < 4.78 is 5.66. The molecule has 0 amide bonds. The van der Waals surface area contributed by atoms with E-state index >= 15 is 0 Å². The molecule has 1 N–H and O–H groups in total. The first-order valence-electron chi connectivity index (χ1n) is 4.84. The molecule has 0 bridgehead atoms. The molecule has 1 aliphatic rings. The predicted octanol–water partition coefficient (Wildman–Crippen LogP) is 1.99. The first-order valence-corrected chi connectivity index (χ1v) is 5.22. The summed E-state index contributed by atoms with van der Waals surface area (Å²) in [5.74, 6) is 0.361. The molecule has 6 heteroatoms. The number of hydrogen-bond acceptors (Lipinski definition) is 4. The van der Waals surface area contributed by atoms with Crippen LogP contribution in [-0.2, 0) is 0 Å². The van der Waals surface area contributed by atoms with E-state index in [1.165, 1.54) is 18.2 Å². The van der Waals surface area contributed by atoms with Crippen molar-refractivity contribution in [1.82, 2.24) is 5.32 Å². The highest BCUT2D eigenvalue weighted by Crippen LogP contribution is 2.32. The van der Waals surface area contributed by atoms with Crippen LogP contribution in [0.4, 0.5) is 5.69 Å². The quantitative estimate of drug-likeness (QED) is 0.650. The molecule has 0 spiro atoms. The van der Waals surface area contributed by atoms with Crippen LogP contribution in [0.5, 0.6) is 5.75 Å². The van der Waals surface area contributed by atoms with E-state index < -0.39 is 4.92 Å². The molecule has 1 fully saturated rings. The van der Waals surface area contributed by atoms with Gasteiger partial charge in [0.05, 0.1) is 16.0 Å². The summed E-state index contributed by atoms with van der Waals surface area (Å²) >= 11 is 5.92. The Kier molecular flexibility index (Phi) is 2.73. The van der Waals surface area contributed by atoms with Crippen molar-refractivity contribution in [3.8, 4) is 5.75 Å². The highest BCUT2D eigenvalue weighted by molar-refractivity contribution is 6.32. The molecule has 0 atom stereocenters. The molecule has 0 radical (unpaired) electrons. The molecule has 0 saturated carbocycles. The molecular formula is C10H11ClN2O3. The van der Waals surface area contributed by atoms with E-state index in [9.17, 15) is 10.1 Å². The fourth-order valence-corrected chi connectivity index (χ4v) is 1.65. The normalized spacial score (nSPS) is 17.6. The van der Waals surface area contributed by atoms with Gasteiger partial charge in [0.15, 0.2) is 0 Å². The van der Waals surface area contributed by atoms with Crippen LogP contribution in [0, 0.1) is 10.1 Å². The molecular weight excluding hydrogens is 232 g/mol. The van der Waals surface area contributed by atoms with Gasteiger partial charge in [-0.05, 0) is 13.0 Å². The zero-order valence-electron chi connectivity index (χ0n) is 8.70. The first kappa shape index (κ1) is 11.2. The van der Waals surface area contributed by atoms with Crippen LogP contribution in [0.1, 0.15) is 6.92 Å². The summed E-state index contributed by atoms with van der Waals surface area (Å²) in [4.78, 5) is 10.1. The third kappa shape index (κ3) is 2.10. The second-order valence-corrected chi connectivity index (χ2v) is 4.43. The molecule has 1 aromatic rings. The van der Waals surface area contributed by atoms with Crippen LogP contribution < -0.4 is 10.1 Å². The van der Waals surface area contributed by atoms with E-state index in [4.69, 9.17) is 16.3 Å². The van der Waals surface area contributed by atoms with E-state index in [1.54, 1.807) is 0 Å². The van der Waals surface area contributed by atoms with Gasteiger partial charge in [0.1, 0.15) is 11.4 Å². The largest absolute Gasteiger partial charge is 0.483 e. The molecule has 1 aromatic carbocycles. The highest BCUT2D eigenvalue weighted by atomic mass is 35.5. The number of nitrogens with zero attached hydrogens (tertiary/aromatic N) is 1. The number of halogens is 1. The van der Waals surface area contributed by atoms with Gasteiger partial charge < -0.3 is 10.1 Å². The zero-order chi connectivity index (χ0) is 11.8. The number of non-ortho nitro benzene ring substituents is 1. The van der Waals surface area contributed by atoms with Gasteiger partial charge in [-0.2, -0.15) is 0 Å². The van der Waals surface area contributed by atoms with Crippen LogP contribution in [0.3, 0.4) is 0 Å². The lowest BCUT2D eigenvalue weighted by Crippen LogP contribution is -2.61. The minimum atomic E-state index is -0.468. The topological polar surface area (TPSA) is 64.4 Å². The molecule has 5 nitrogen and oxygen atoms in total. The average molecular weight is 243 g/mol. The molecule has 1 heterocycles. The molecule has 2 rings (SSSR count). The van der Waals surface area contributed by atoms with Crippen LogP contribution in [0.25, 0.3) is 0 Å². The maximum absolute atomic E-state index is 10.6.